The summed E-state index contributed by atoms with van der Waals surface area (Å²) in [7, 11) is 3.54. The van der Waals surface area contributed by atoms with E-state index in [1.54, 1.807) is 7.11 Å². The number of nitrogens with zero attached hydrogens (tertiary/aromatic N) is 5. The van der Waals surface area contributed by atoms with E-state index in [0.717, 1.165) is 67.4 Å². The van der Waals surface area contributed by atoms with Gasteiger partial charge in [-0.3, -0.25) is 4.99 Å². The molecule has 1 saturated heterocycles. The van der Waals surface area contributed by atoms with Gasteiger partial charge in [0, 0.05) is 57.7 Å². The molecule has 2 aromatic rings. The van der Waals surface area contributed by atoms with Crippen molar-refractivity contribution in [3.63, 3.8) is 0 Å². The highest BCUT2D eigenvalue weighted by molar-refractivity contribution is 7.09. The fourth-order valence-electron chi connectivity index (χ4n) is 3.19. The van der Waals surface area contributed by atoms with Crippen LogP contribution >= 0.6 is 11.5 Å². The zero-order valence-electron chi connectivity index (χ0n) is 16.5. The predicted octanol–water partition coefficient (Wildman–Crippen LogP) is 2.32. The molecule has 7 nitrogen and oxygen atoms in total. The molecular weight excluding hydrogens is 360 g/mol. The van der Waals surface area contributed by atoms with Crippen molar-refractivity contribution in [1.82, 2.24) is 19.6 Å². The molecule has 1 fully saturated rings. The minimum absolute atomic E-state index is 0.744. The number of hydrogen-bond donors (Lipinski definition) is 1. The third kappa shape index (κ3) is 4.68. The first kappa shape index (κ1) is 19.4. The number of methoxy groups -OCH3 is 1. The van der Waals surface area contributed by atoms with E-state index >= 15 is 0 Å². The fourth-order valence-corrected chi connectivity index (χ4v) is 3.99. The molecule has 146 valence electrons. The first-order valence-electron chi connectivity index (χ1n) is 9.31. The van der Waals surface area contributed by atoms with Gasteiger partial charge in [0.1, 0.15) is 11.6 Å². The van der Waals surface area contributed by atoms with Gasteiger partial charge >= 0.3 is 0 Å². The Labute approximate surface area is 165 Å². The van der Waals surface area contributed by atoms with Gasteiger partial charge in [0.15, 0.2) is 5.96 Å². The Kier molecular flexibility index (Phi) is 6.49. The van der Waals surface area contributed by atoms with Crippen LogP contribution in [0.1, 0.15) is 23.9 Å². The summed E-state index contributed by atoms with van der Waals surface area (Å²) in [6.07, 6.45) is 0.887. The van der Waals surface area contributed by atoms with E-state index in [4.69, 9.17) is 4.74 Å². The van der Waals surface area contributed by atoms with Crippen molar-refractivity contribution >= 4 is 22.6 Å². The van der Waals surface area contributed by atoms with E-state index in [0.29, 0.717) is 0 Å². The van der Waals surface area contributed by atoms with Gasteiger partial charge in [-0.2, -0.15) is 4.37 Å². The third-order valence-electron chi connectivity index (χ3n) is 4.75. The number of guanidine groups is 1. The lowest BCUT2D eigenvalue weighted by Gasteiger charge is -2.36. The maximum atomic E-state index is 5.33. The van der Waals surface area contributed by atoms with Crippen LogP contribution in [-0.2, 0) is 13.0 Å². The predicted molar refractivity (Wildman–Crippen MR) is 111 cm³/mol. The van der Waals surface area contributed by atoms with Crippen molar-refractivity contribution in [3.05, 3.63) is 35.2 Å². The van der Waals surface area contributed by atoms with Crippen LogP contribution in [0.3, 0.4) is 0 Å². The Morgan fingerprint density at radius 1 is 1.30 bits per heavy atom. The number of anilines is 1. The average molecular weight is 389 g/mol. The van der Waals surface area contributed by atoms with Crippen molar-refractivity contribution in [2.24, 2.45) is 4.99 Å². The van der Waals surface area contributed by atoms with E-state index in [1.807, 2.05) is 13.1 Å². The van der Waals surface area contributed by atoms with E-state index in [1.165, 1.54) is 17.1 Å². The minimum Gasteiger partial charge on any atom is -0.496 e. The summed E-state index contributed by atoms with van der Waals surface area (Å²) in [5, 5.41) is 4.51. The zero-order chi connectivity index (χ0) is 19.2. The SMILES string of the molecule is CCc1nsc(N2CCN(C(=NC)NCc3ccc(OC)c(C)c3)CC2)n1. The van der Waals surface area contributed by atoms with E-state index in [2.05, 4.69) is 55.4 Å². The number of rotatable bonds is 5. The molecule has 0 amide bonds. The molecule has 0 unspecified atom stereocenters. The second-order valence-corrected chi connectivity index (χ2v) is 7.26. The highest BCUT2D eigenvalue weighted by Crippen LogP contribution is 2.20. The van der Waals surface area contributed by atoms with E-state index < -0.39 is 0 Å². The highest BCUT2D eigenvalue weighted by atomic mass is 32.1. The highest BCUT2D eigenvalue weighted by Gasteiger charge is 2.22. The number of ether oxygens (including phenoxy) is 1. The number of aliphatic imine (C=N–C) groups is 1. The molecule has 1 N–H and O–H groups in total. The van der Waals surface area contributed by atoms with Crippen molar-refractivity contribution in [2.45, 2.75) is 26.8 Å². The summed E-state index contributed by atoms with van der Waals surface area (Å²) in [6.45, 7) is 8.59. The van der Waals surface area contributed by atoms with Crippen LogP contribution in [-0.4, -0.2) is 60.6 Å². The zero-order valence-corrected chi connectivity index (χ0v) is 17.3. The molecule has 1 aromatic heterocycles. The number of piperazine rings is 1. The van der Waals surface area contributed by atoms with Crippen molar-refractivity contribution < 1.29 is 4.74 Å². The molecule has 1 aliphatic heterocycles. The molecule has 8 heteroatoms. The summed E-state index contributed by atoms with van der Waals surface area (Å²) >= 11 is 1.50. The van der Waals surface area contributed by atoms with Gasteiger partial charge in [0.05, 0.1) is 7.11 Å². The summed E-state index contributed by atoms with van der Waals surface area (Å²) in [6, 6.07) is 6.25. The van der Waals surface area contributed by atoms with Gasteiger partial charge < -0.3 is 19.9 Å². The molecule has 0 atom stereocenters. The van der Waals surface area contributed by atoms with Crippen molar-refractivity contribution in [3.8, 4) is 5.75 Å². The molecule has 3 rings (SSSR count). The van der Waals surface area contributed by atoms with Crippen LogP contribution < -0.4 is 15.0 Å². The Morgan fingerprint density at radius 3 is 2.67 bits per heavy atom. The standard InChI is InChI=1S/C19H28N6OS/c1-5-17-22-19(27-23-17)25-10-8-24(9-11-25)18(20-3)21-13-15-6-7-16(26-4)14(2)12-15/h6-7,12H,5,8-11,13H2,1-4H3,(H,20,21). The molecule has 0 aliphatic carbocycles. The van der Waals surface area contributed by atoms with Crippen LogP contribution in [0.15, 0.2) is 23.2 Å². The minimum atomic E-state index is 0.744. The smallest absolute Gasteiger partial charge is 0.205 e. The topological polar surface area (TPSA) is 65.9 Å². The monoisotopic (exact) mass is 388 g/mol. The molecule has 0 radical (unpaired) electrons. The molecule has 0 saturated carbocycles. The molecule has 1 aliphatic rings. The van der Waals surface area contributed by atoms with E-state index in [-0.39, 0.29) is 0 Å². The quantitative estimate of drug-likeness (QED) is 0.626. The maximum absolute atomic E-state index is 5.33. The third-order valence-corrected chi connectivity index (χ3v) is 5.56. The normalized spacial score (nSPS) is 15.2. The molecule has 2 heterocycles. The summed E-state index contributed by atoms with van der Waals surface area (Å²) in [4.78, 5) is 13.7. The average Bonchev–Trinajstić information content (AvgIpc) is 3.18. The van der Waals surface area contributed by atoms with Gasteiger partial charge in [-0.15, -0.1) is 0 Å². The van der Waals surface area contributed by atoms with E-state index in [9.17, 15) is 0 Å². The maximum Gasteiger partial charge on any atom is 0.205 e. The van der Waals surface area contributed by atoms with Gasteiger partial charge in [0.25, 0.3) is 0 Å². The Balaban J connectivity index is 1.53. The molecule has 1 aromatic carbocycles. The number of aromatic nitrogens is 2. The van der Waals surface area contributed by atoms with Gasteiger partial charge in [0.2, 0.25) is 5.13 Å². The fraction of sp³-hybridized carbons (Fsp3) is 0.526. The molecule has 0 bridgehead atoms. The second kappa shape index (κ2) is 9.03. The van der Waals surface area contributed by atoms with Crippen LogP contribution in [0.25, 0.3) is 0 Å². The lowest BCUT2D eigenvalue weighted by molar-refractivity contribution is 0.372. The van der Waals surface area contributed by atoms with Crippen LogP contribution in [0.2, 0.25) is 0 Å². The Bertz CT molecular complexity index is 782. The number of benzene rings is 1. The molecule has 27 heavy (non-hydrogen) atoms. The van der Waals surface area contributed by atoms with Crippen LogP contribution in [0, 0.1) is 6.92 Å². The molecular formula is C19H28N6OS. The second-order valence-electron chi connectivity index (χ2n) is 6.53. The molecule has 0 spiro atoms. The summed E-state index contributed by atoms with van der Waals surface area (Å²) < 4.78 is 9.72. The van der Waals surface area contributed by atoms with Crippen molar-refractivity contribution in [2.75, 3.05) is 45.2 Å². The lowest BCUT2D eigenvalue weighted by Crippen LogP contribution is -2.52. The summed E-state index contributed by atoms with van der Waals surface area (Å²) in [5.74, 6) is 2.79. The largest absolute Gasteiger partial charge is 0.496 e. The van der Waals surface area contributed by atoms with Gasteiger partial charge in [-0.25, -0.2) is 4.98 Å². The first-order chi connectivity index (χ1) is 13.1. The Hall–Kier alpha value is -2.35. The first-order valence-corrected chi connectivity index (χ1v) is 10.1. The van der Waals surface area contributed by atoms with Crippen molar-refractivity contribution in [1.29, 1.82) is 0 Å². The van der Waals surface area contributed by atoms with Crippen LogP contribution in [0.4, 0.5) is 5.13 Å². The number of hydrogen-bond acceptors (Lipinski definition) is 6. The number of nitrogens with one attached hydrogen (secondary N) is 1. The Morgan fingerprint density at radius 2 is 2.07 bits per heavy atom. The lowest BCUT2D eigenvalue weighted by atomic mass is 10.1. The van der Waals surface area contributed by atoms with Crippen LogP contribution in [0.5, 0.6) is 5.75 Å². The van der Waals surface area contributed by atoms with Gasteiger partial charge in [-0.05, 0) is 24.1 Å². The van der Waals surface area contributed by atoms with Gasteiger partial charge in [-0.1, -0.05) is 19.1 Å². The summed E-state index contributed by atoms with van der Waals surface area (Å²) in [5.41, 5.74) is 2.36. The number of aryl methyl sites for hydroxylation is 2.